The Bertz CT molecular complexity index is 3560. The van der Waals surface area contributed by atoms with E-state index in [0.29, 0.717) is 47.3 Å². The summed E-state index contributed by atoms with van der Waals surface area (Å²) in [5, 5.41) is 21.9. The lowest BCUT2D eigenvalue weighted by molar-refractivity contribution is 0.807. The number of hydrogen-bond donors (Lipinski definition) is 0. The summed E-state index contributed by atoms with van der Waals surface area (Å²) in [4.78, 5) is 0. The summed E-state index contributed by atoms with van der Waals surface area (Å²) in [7, 11) is 0. The molecule has 0 saturated carbocycles. The molecule has 0 bridgehead atoms. The van der Waals surface area contributed by atoms with Crippen molar-refractivity contribution in [1.82, 2.24) is 0 Å². The van der Waals surface area contributed by atoms with Crippen molar-refractivity contribution >= 4 is 86.2 Å². The molecule has 0 saturated heterocycles. The standard InChI is InChI=1S/C70H74/c1-35(2)43-17-19-49-57(23-43)63-31-47(67-53(39(9)10)25-45(37(5)6)26-54(67)40(11)12)29-61-51-21-22-52-60(59(51)33-65(49)69(61)63)34-66-50-20-18-44(36(3)4)24-58(50)64-32-48(30-62(52)70(64)66)68-55(41(13)14)27-46(38(7)8)28-56(68)42(15)16/h17-42H,1-16H3. The van der Waals surface area contributed by atoms with Gasteiger partial charge in [0, 0.05) is 0 Å². The van der Waals surface area contributed by atoms with E-state index in [1.807, 2.05) is 0 Å². The fourth-order valence-corrected chi connectivity index (χ4v) is 12.6. The molecule has 0 heteroatoms. The average molecular weight is 915 g/mol. The quantitative estimate of drug-likeness (QED) is 0.120. The van der Waals surface area contributed by atoms with Gasteiger partial charge in [0.25, 0.3) is 0 Å². The minimum atomic E-state index is 0.388. The molecule has 0 spiro atoms. The van der Waals surface area contributed by atoms with Gasteiger partial charge in [0.2, 0.25) is 0 Å². The van der Waals surface area contributed by atoms with E-state index < -0.39 is 0 Å². The zero-order valence-electron chi connectivity index (χ0n) is 45.0. The van der Waals surface area contributed by atoms with E-state index in [2.05, 4.69) is 220 Å². The second kappa shape index (κ2) is 16.8. The Balaban J connectivity index is 1.32. The van der Waals surface area contributed by atoms with Crippen molar-refractivity contribution in [2.75, 3.05) is 0 Å². The van der Waals surface area contributed by atoms with Crippen LogP contribution in [0.5, 0.6) is 0 Å². The first-order chi connectivity index (χ1) is 33.3. The van der Waals surface area contributed by atoms with Crippen molar-refractivity contribution < 1.29 is 0 Å². The van der Waals surface area contributed by atoms with Gasteiger partial charge < -0.3 is 0 Å². The van der Waals surface area contributed by atoms with E-state index in [0.717, 1.165) is 0 Å². The van der Waals surface area contributed by atoms with Crippen molar-refractivity contribution in [3.05, 3.63) is 154 Å². The van der Waals surface area contributed by atoms with Gasteiger partial charge in [-0.3, -0.25) is 0 Å². The molecule has 0 fully saturated rings. The van der Waals surface area contributed by atoms with Crippen molar-refractivity contribution in [2.24, 2.45) is 0 Å². The molecule has 0 aliphatic carbocycles. The van der Waals surface area contributed by atoms with Gasteiger partial charge in [0.1, 0.15) is 0 Å². The molecule has 0 radical (unpaired) electrons. The lowest BCUT2D eigenvalue weighted by atomic mass is 9.80. The molecular formula is C70H74. The molecule has 0 nitrogen and oxygen atoms in total. The van der Waals surface area contributed by atoms with Crippen LogP contribution < -0.4 is 0 Å². The number of fused-ring (bicyclic) bond motifs is 11. The predicted octanol–water partition coefficient (Wildman–Crippen LogP) is 22.1. The van der Waals surface area contributed by atoms with Crippen molar-refractivity contribution in [3.8, 4) is 22.3 Å². The monoisotopic (exact) mass is 915 g/mol. The van der Waals surface area contributed by atoms with E-state index in [9.17, 15) is 0 Å². The summed E-state index contributed by atoms with van der Waals surface area (Å²) >= 11 is 0. The van der Waals surface area contributed by atoms with Crippen LogP contribution in [0.4, 0.5) is 0 Å². The highest BCUT2D eigenvalue weighted by atomic mass is 14.3. The smallest absolute Gasteiger partial charge is 0.00195 e. The molecule has 11 rings (SSSR count). The maximum absolute atomic E-state index is 2.59. The van der Waals surface area contributed by atoms with Gasteiger partial charge >= 0.3 is 0 Å². The Morgan fingerprint density at radius 3 is 0.714 bits per heavy atom. The molecule has 11 aromatic carbocycles. The van der Waals surface area contributed by atoms with Crippen LogP contribution >= 0.6 is 0 Å². The molecular weight excluding hydrogens is 841 g/mol. The SMILES string of the molecule is CC(C)c1cc(C(C)C)c(-c2cc3c4ccc5c(cc6c7ccc(C(C)C)cc7c7cc(-c8c(C(C)C)cc(C(C)C)cc8C(C)C)cc5c76)c4cc4c5ccc(C(C)C)cc5c(c2)c34)c(C(C)C)c1. The molecule has 0 N–H and O–H groups in total. The first kappa shape index (κ1) is 46.4. The van der Waals surface area contributed by atoms with Crippen molar-refractivity contribution in [1.29, 1.82) is 0 Å². The highest BCUT2D eigenvalue weighted by molar-refractivity contribution is 6.40. The summed E-state index contributed by atoms with van der Waals surface area (Å²) in [5.41, 5.74) is 17.1. The van der Waals surface area contributed by atoms with E-state index in [1.54, 1.807) is 0 Å². The third-order valence-corrected chi connectivity index (χ3v) is 16.7. The molecule has 0 aliphatic rings. The van der Waals surface area contributed by atoms with Crippen LogP contribution in [0.2, 0.25) is 0 Å². The van der Waals surface area contributed by atoms with Crippen LogP contribution in [0.25, 0.3) is 108 Å². The fraction of sp³-hybridized carbons (Fsp3) is 0.343. The lowest BCUT2D eigenvalue weighted by Crippen LogP contribution is -2.03. The second-order valence-corrected chi connectivity index (χ2v) is 24.0. The van der Waals surface area contributed by atoms with E-state index in [1.165, 1.54) is 153 Å². The molecule has 70 heavy (non-hydrogen) atoms. The van der Waals surface area contributed by atoms with Gasteiger partial charge in [-0.1, -0.05) is 184 Å². The van der Waals surface area contributed by atoms with Gasteiger partial charge in [0.15, 0.2) is 0 Å². The van der Waals surface area contributed by atoms with Crippen LogP contribution in [0.1, 0.15) is 203 Å². The van der Waals surface area contributed by atoms with Crippen LogP contribution in [0.15, 0.2) is 109 Å². The zero-order chi connectivity index (χ0) is 49.5. The second-order valence-electron chi connectivity index (χ2n) is 24.0. The Morgan fingerprint density at radius 2 is 0.443 bits per heavy atom. The summed E-state index contributed by atoms with van der Waals surface area (Å²) in [6.45, 7) is 37.8. The van der Waals surface area contributed by atoms with Gasteiger partial charge in [-0.15, -0.1) is 0 Å². The molecule has 0 aromatic heterocycles. The molecule has 0 atom stereocenters. The summed E-state index contributed by atoms with van der Waals surface area (Å²) < 4.78 is 0. The van der Waals surface area contributed by atoms with Crippen LogP contribution in [-0.2, 0) is 0 Å². The van der Waals surface area contributed by atoms with Crippen molar-refractivity contribution in [3.63, 3.8) is 0 Å². The van der Waals surface area contributed by atoms with E-state index >= 15 is 0 Å². The molecule has 0 aliphatic heterocycles. The first-order valence-corrected chi connectivity index (χ1v) is 27.0. The molecule has 11 aromatic rings. The van der Waals surface area contributed by atoms with Gasteiger partial charge in [-0.05, 0) is 237 Å². The fourth-order valence-electron chi connectivity index (χ4n) is 12.6. The third-order valence-electron chi connectivity index (χ3n) is 16.7. The number of benzene rings is 9. The maximum Gasteiger partial charge on any atom is -0.00195 e. The minimum absolute atomic E-state index is 0.388. The largest absolute Gasteiger partial charge is 0.0587 e. The highest BCUT2D eigenvalue weighted by Gasteiger charge is 2.26. The Kier molecular flexibility index (Phi) is 11.2. The lowest BCUT2D eigenvalue weighted by Gasteiger charge is -2.24. The van der Waals surface area contributed by atoms with Gasteiger partial charge in [-0.2, -0.15) is 0 Å². The molecule has 0 amide bonds. The average Bonchev–Trinajstić information content (AvgIpc) is 3.81. The molecule has 0 unspecified atom stereocenters. The Morgan fingerprint density at radius 1 is 0.200 bits per heavy atom. The van der Waals surface area contributed by atoms with E-state index in [4.69, 9.17) is 0 Å². The topological polar surface area (TPSA) is 0 Å². The van der Waals surface area contributed by atoms with Crippen molar-refractivity contribution in [2.45, 2.75) is 158 Å². The zero-order valence-corrected chi connectivity index (χ0v) is 45.0. The molecule has 0 heterocycles. The maximum atomic E-state index is 2.59. The Hall–Kier alpha value is -5.98. The Labute approximate surface area is 418 Å². The van der Waals surface area contributed by atoms with Crippen LogP contribution in [0, 0.1) is 0 Å². The summed E-state index contributed by atoms with van der Waals surface area (Å²) in [6, 6.07) is 45.3. The predicted molar refractivity (Wildman–Crippen MR) is 312 cm³/mol. The minimum Gasteiger partial charge on any atom is -0.0587 e. The van der Waals surface area contributed by atoms with Crippen LogP contribution in [-0.4, -0.2) is 0 Å². The first-order valence-electron chi connectivity index (χ1n) is 27.0. The molecule has 354 valence electrons. The van der Waals surface area contributed by atoms with Gasteiger partial charge in [0.05, 0.1) is 0 Å². The highest BCUT2D eigenvalue weighted by Crippen LogP contribution is 2.52. The van der Waals surface area contributed by atoms with E-state index in [-0.39, 0.29) is 0 Å². The normalized spacial score (nSPS) is 13.0. The van der Waals surface area contributed by atoms with Gasteiger partial charge in [-0.25, -0.2) is 0 Å². The summed E-state index contributed by atoms with van der Waals surface area (Å²) in [5.74, 6) is 3.37. The number of rotatable bonds is 10. The summed E-state index contributed by atoms with van der Waals surface area (Å²) in [6.07, 6.45) is 0. The number of hydrogen-bond acceptors (Lipinski definition) is 0. The third kappa shape index (κ3) is 7.05. The van der Waals surface area contributed by atoms with Crippen LogP contribution in [0.3, 0.4) is 0 Å².